The topological polar surface area (TPSA) is 42.0 Å². The molecule has 3 aromatic rings. The zero-order chi connectivity index (χ0) is 20.0. The van der Waals surface area contributed by atoms with Gasteiger partial charge in [-0.2, -0.15) is 0 Å². The monoisotopic (exact) mass is 384 g/mol. The Hall–Kier alpha value is -2.68. The predicted octanol–water partition coefficient (Wildman–Crippen LogP) is 5.76. The third kappa shape index (κ3) is 3.43. The highest BCUT2D eigenvalue weighted by atomic mass is 16.1. The van der Waals surface area contributed by atoms with Crippen LogP contribution in [-0.2, 0) is 0 Å². The van der Waals surface area contributed by atoms with Gasteiger partial charge in [0, 0.05) is 17.0 Å². The number of para-hydroxylation sites is 1. The Labute approximate surface area is 172 Å². The summed E-state index contributed by atoms with van der Waals surface area (Å²) in [5.41, 5.74) is 4.68. The summed E-state index contributed by atoms with van der Waals surface area (Å²) in [6.07, 6.45) is 5.36. The Kier molecular flexibility index (Phi) is 4.61. The van der Waals surface area contributed by atoms with Gasteiger partial charge in [-0.25, -0.2) is 4.98 Å². The molecule has 1 heterocycles. The minimum atomic E-state index is 0.0211. The van der Waals surface area contributed by atoms with E-state index in [1.807, 2.05) is 36.4 Å². The summed E-state index contributed by atoms with van der Waals surface area (Å²) in [4.78, 5) is 18.2. The Bertz CT molecular complexity index is 1070. The molecular formula is C26H28N2O. The average molecular weight is 385 g/mol. The molecule has 0 aliphatic heterocycles. The number of fused-ring (bicyclic) bond motifs is 3. The van der Waals surface area contributed by atoms with E-state index in [2.05, 4.69) is 37.4 Å². The van der Waals surface area contributed by atoms with Crippen molar-refractivity contribution >= 4 is 16.8 Å². The van der Waals surface area contributed by atoms with E-state index in [1.165, 1.54) is 31.2 Å². The molecule has 0 unspecified atom stereocenters. The van der Waals surface area contributed by atoms with Crippen LogP contribution in [0.3, 0.4) is 0 Å². The molecule has 29 heavy (non-hydrogen) atoms. The molecule has 2 aliphatic carbocycles. The van der Waals surface area contributed by atoms with Crippen molar-refractivity contribution in [2.24, 2.45) is 17.8 Å². The van der Waals surface area contributed by atoms with Crippen LogP contribution in [0.25, 0.3) is 22.2 Å². The van der Waals surface area contributed by atoms with Crippen molar-refractivity contribution in [3.8, 4) is 11.3 Å². The van der Waals surface area contributed by atoms with Gasteiger partial charge in [-0.3, -0.25) is 4.79 Å². The Balaban J connectivity index is 1.48. The first kappa shape index (κ1) is 18.4. The molecular weight excluding hydrogens is 356 g/mol. The van der Waals surface area contributed by atoms with E-state index in [0.717, 1.165) is 39.6 Å². The van der Waals surface area contributed by atoms with Gasteiger partial charge in [0.1, 0.15) is 0 Å². The number of carbonyl (C=O) groups is 1. The van der Waals surface area contributed by atoms with E-state index in [-0.39, 0.29) is 11.9 Å². The van der Waals surface area contributed by atoms with Gasteiger partial charge in [-0.15, -0.1) is 0 Å². The van der Waals surface area contributed by atoms with Gasteiger partial charge in [0.2, 0.25) is 0 Å². The highest BCUT2D eigenvalue weighted by Crippen LogP contribution is 2.49. The van der Waals surface area contributed by atoms with Gasteiger partial charge in [-0.05, 0) is 69.1 Å². The second-order valence-corrected chi connectivity index (χ2v) is 9.04. The fraction of sp³-hybridized carbons (Fsp3) is 0.385. The highest BCUT2D eigenvalue weighted by molar-refractivity contribution is 6.07. The first-order valence-electron chi connectivity index (χ1n) is 10.9. The molecule has 1 aromatic heterocycles. The minimum absolute atomic E-state index is 0.0211. The van der Waals surface area contributed by atoms with Crippen LogP contribution >= 0.6 is 0 Å². The van der Waals surface area contributed by atoms with Crippen LogP contribution in [0.5, 0.6) is 0 Å². The molecule has 0 radical (unpaired) electrons. The Morgan fingerprint density at radius 3 is 2.69 bits per heavy atom. The molecule has 3 heteroatoms. The average Bonchev–Trinajstić information content (AvgIpc) is 3.36. The van der Waals surface area contributed by atoms with Crippen LogP contribution in [0.1, 0.15) is 48.5 Å². The van der Waals surface area contributed by atoms with Gasteiger partial charge in [0.25, 0.3) is 5.91 Å². The second-order valence-electron chi connectivity index (χ2n) is 9.04. The number of aromatic nitrogens is 1. The minimum Gasteiger partial charge on any atom is -0.349 e. The molecule has 1 amide bonds. The maximum Gasteiger partial charge on any atom is 0.252 e. The van der Waals surface area contributed by atoms with E-state index >= 15 is 0 Å². The third-order valence-electron chi connectivity index (χ3n) is 7.07. The molecule has 2 aliphatic rings. The number of amides is 1. The van der Waals surface area contributed by atoms with E-state index in [1.54, 1.807) is 0 Å². The lowest BCUT2D eigenvalue weighted by molar-refractivity contribution is 0.0917. The third-order valence-corrected chi connectivity index (χ3v) is 7.07. The van der Waals surface area contributed by atoms with Crippen LogP contribution in [0, 0.1) is 24.7 Å². The number of benzene rings is 2. The van der Waals surface area contributed by atoms with Crippen LogP contribution in [0.4, 0.5) is 0 Å². The predicted molar refractivity (Wildman–Crippen MR) is 118 cm³/mol. The lowest BCUT2D eigenvalue weighted by atomic mass is 9.84. The number of hydrogen-bond acceptors (Lipinski definition) is 2. The Morgan fingerprint density at radius 2 is 1.93 bits per heavy atom. The van der Waals surface area contributed by atoms with Gasteiger partial charge in [0.05, 0.1) is 16.8 Å². The lowest BCUT2D eigenvalue weighted by Crippen LogP contribution is -2.40. The number of rotatable bonds is 4. The quantitative estimate of drug-likeness (QED) is 0.621. The first-order valence-corrected chi connectivity index (χ1v) is 10.9. The van der Waals surface area contributed by atoms with E-state index in [9.17, 15) is 4.79 Å². The summed E-state index contributed by atoms with van der Waals surface area (Å²) in [7, 11) is 0. The van der Waals surface area contributed by atoms with Gasteiger partial charge < -0.3 is 5.32 Å². The fourth-order valence-corrected chi connectivity index (χ4v) is 5.61. The van der Waals surface area contributed by atoms with Crippen molar-refractivity contribution in [1.82, 2.24) is 10.3 Å². The maximum atomic E-state index is 13.3. The zero-order valence-electron chi connectivity index (χ0n) is 17.2. The molecule has 3 nitrogen and oxygen atoms in total. The van der Waals surface area contributed by atoms with Gasteiger partial charge >= 0.3 is 0 Å². The molecule has 2 fully saturated rings. The molecule has 2 aromatic carbocycles. The molecule has 5 rings (SSSR count). The Morgan fingerprint density at radius 1 is 1.07 bits per heavy atom. The van der Waals surface area contributed by atoms with Crippen molar-refractivity contribution in [2.45, 2.75) is 45.6 Å². The number of aryl methyl sites for hydroxylation is 1. The largest absolute Gasteiger partial charge is 0.349 e. The smallest absolute Gasteiger partial charge is 0.252 e. The van der Waals surface area contributed by atoms with Crippen LogP contribution in [-0.4, -0.2) is 16.9 Å². The summed E-state index contributed by atoms with van der Waals surface area (Å²) < 4.78 is 0. The number of pyridine rings is 1. The molecule has 1 N–H and O–H groups in total. The number of nitrogens with zero attached hydrogens (tertiary/aromatic N) is 1. The normalized spacial score (nSPS) is 24.0. The number of hydrogen-bond donors (Lipinski definition) is 1. The fourth-order valence-electron chi connectivity index (χ4n) is 5.61. The lowest BCUT2D eigenvalue weighted by Gasteiger charge is -2.28. The van der Waals surface area contributed by atoms with Crippen molar-refractivity contribution < 1.29 is 4.79 Å². The van der Waals surface area contributed by atoms with E-state index in [0.29, 0.717) is 5.92 Å². The van der Waals surface area contributed by atoms with Gasteiger partial charge in [-0.1, -0.05) is 48.4 Å². The first-order chi connectivity index (χ1) is 14.1. The molecule has 0 saturated heterocycles. The van der Waals surface area contributed by atoms with E-state index in [4.69, 9.17) is 4.98 Å². The number of nitrogens with one attached hydrogen (secondary N) is 1. The molecule has 4 atom stereocenters. The summed E-state index contributed by atoms with van der Waals surface area (Å²) in [5.74, 6) is 2.33. The van der Waals surface area contributed by atoms with E-state index < -0.39 is 0 Å². The number of carbonyl (C=O) groups excluding carboxylic acids is 1. The SMILES string of the molecule is Cc1cccc(-c2cc(C(=O)N[C@@H](C)[C@@H]3C[C@H]4CC[C@H]3C4)c3ccccc3n2)c1. The summed E-state index contributed by atoms with van der Waals surface area (Å²) in [6.45, 7) is 4.27. The van der Waals surface area contributed by atoms with Crippen molar-refractivity contribution in [1.29, 1.82) is 0 Å². The highest BCUT2D eigenvalue weighted by Gasteiger charge is 2.42. The zero-order valence-corrected chi connectivity index (χ0v) is 17.2. The molecule has 2 saturated carbocycles. The molecule has 2 bridgehead atoms. The standard InChI is InChI=1S/C26H28N2O/c1-16-6-5-7-20(12-16)25-15-23(21-8-3-4-9-24(21)28-25)26(29)27-17(2)22-14-18-10-11-19(22)13-18/h3-9,12,15,17-19,22H,10-11,13-14H2,1-2H3,(H,27,29)/t17-,18-,19-,22-/m0/s1. The second kappa shape index (κ2) is 7.29. The van der Waals surface area contributed by atoms with Crippen LogP contribution in [0.15, 0.2) is 54.6 Å². The van der Waals surface area contributed by atoms with Gasteiger partial charge in [0.15, 0.2) is 0 Å². The van der Waals surface area contributed by atoms with Crippen molar-refractivity contribution in [3.05, 3.63) is 65.7 Å². The molecule has 148 valence electrons. The van der Waals surface area contributed by atoms with Crippen LogP contribution in [0.2, 0.25) is 0 Å². The summed E-state index contributed by atoms with van der Waals surface area (Å²) >= 11 is 0. The molecule has 0 spiro atoms. The van der Waals surface area contributed by atoms with Crippen molar-refractivity contribution in [3.63, 3.8) is 0 Å². The maximum absolute atomic E-state index is 13.3. The van der Waals surface area contributed by atoms with Crippen molar-refractivity contribution in [2.75, 3.05) is 0 Å². The van der Waals surface area contributed by atoms with Crippen LogP contribution < -0.4 is 5.32 Å². The summed E-state index contributed by atoms with van der Waals surface area (Å²) in [6, 6.07) is 18.4. The summed E-state index contributed by atoms with van der Waals surface area (Å²) in [5, 5.41) is 4.26.